The van der Waals surface area contributed by atoms with Crippen molar-refractivity contribution in [2.75, 3.05) is 13.2 Å². The van der Waals surface area contributed by atoms with Gasteiger partial charge >= 0.3 is 6.03 Å². The number of hydrogen-bond donors (Lipinski definition) is 2. The van der Waals surface area contributed by atoms with Crippen molar-refractivity contribution in [2.45, 2.75) is 51.0 Å². The second-order valence-corrected chi connectivity index (χ2v) is 5.60. The summed E-state index contributed by atoms with van der Waals surface area (Å²) in [4.78, 5) is 25.8. The summed E-state index contributed by atoms with van der Waals surface area (Å²) in [5, 5.41) is 11.6. The van der Waals surface area contributed by atoms with E-state index < -0.39 is 5.54 Å². The van der Waals surface area contributed by atoms with Gasteiger partial charge in [0, 0.05) is 13.2 Å². The van der Waals surface area contributed by atoms with Gasteiger partial charge in [-0.15, -0.1) is 0 Å². The summed E-state index contributed by atoms with van der Waals surface area (Å²) in [5.74, 6) is -0.138. The Bertz CT molecular complexity index is 335. The Labute approximate surface area is 108 Å². The van der Waals surface area contributed by atoms with Crippen LogP contribution in [0.4, 0.5) is 4.79 Å². The number of carbonyl (C=O) groups excluding carboxylic acids is 2. The van der Waals surface area contributed by atoms with Crippen LogP contribution in [0, 0.1) is 5.92 Å². The number of rotatable bonds is 3. The third kappa shape index (κ3) is 2.23. The fourth-order valence-corrected chi connectivity index (χ4v) is 3.04. The van der Waals surface area contributed by atoms with E-state index >= 15 is 0 Å². The zero-order valence-electron chi connectivity index (χ0n) is 10.9. The predicted octanol–water partition coefficient (Wildman–Crippen LogP) is 1.26. The van der Waals surface area contributed by atoms with E-state index in [1.807, 2.05) is 6.92 Å². The molecule has 1 aliphatic carbocycles. The SMILES string of the molecule is CC(CO)CN1C(=O)NC(=O)C12CCCCCC2. The largest absolute Gasteiger partial charge is 0.396 e. The number of nitrogens with one attached hydrogen (secondary N) is 1. The molecule has 2 aliphatic rings. The quantitative estimate of drug-likeness (QED) is 0.745. The fraction of sp³-hybridized carbons (Fsp3) is 0.846. The molecule has 3 amide bonds. The van der Waals surface area contributed by atoms with Crippen molar-refractivity contribution < 1.29 is 14.7 Å². The van der Waals surface area contributed by atoms with Gasteiger partial charge in [-0.25, -0.2) is 4.79 Å². The van der Waals surface area contributed by atoms with Gasteiger partial charge in [0.1, 0.15) is 5.54 Å². The highest BCUT2D eigenvalue weighted by Crippen LogP contribution is 2.36. The first-order chi connectivity index (χ1) is 8.60. The molecule has 1 atom stereocenters. The lowest BCUT2D eigenvalue weighted by atomic mass is 9.88. The number of imide groups is 1. The maximum absolute atomic E-state index is 12.2. The lowest BCUT2D eigenvalue weighted by Crippen LogP contribution is -2.51. The highest BCUT2D eigenvalue weighted by molar-refractivity contribution is 6.07. The van der Waals surface area contributed by atoms with Gasteiger partial charge < -0.3 is 10.0 Å². The van der Waals surface area contributed by atoms with E-state index in [1.54, 1.807) is 4.90 Å². The van der Waals surface area contributed by atoms with Crippen molar-refractivity contribution in [3.8, 4) is 0 Å². The van der Waals surface area contributed by atoms with Crippen LogP contribution in [0.2, 0.25) is 0 Å². The summed E-state index contributed by atoms with van der Waals surface area (Å²) >= 11 is 0. The van der Waals surface area contributed by atoms with Crippen LogP contribution in [-0.2, 0) is 4.79 Å². The second kappa shape index (κ2) is 5.26. The third-order valence-corrected chi connectivity index (χ3v) is 4.14. The number of aliphatic hydroxyl groups is 1. The first-order valence-corrected chi connectivity index (χ1v) is 6.84. The summed E-state index contributed by atoms with van der Waals surface area (Å²) in [6.45, 7) is 2.38. The summed E-state index contributed by atoms with van der Waals surface area (Å²) in [6, 6.07) is -0.290. The number of carbonyl (C=O) groups is 2. The molecular weight excluding hydrogens is 232 g/mol. The molecule has 1 saturated heterocycles. The molecule has 0 bridgehead atoms. The van der Waals surface area contributed by atoms with Crippen LogP contribution in [-0.4, -0.2) is 40.6 Å². The number of hydrogen-bond acceptors (Lipinski definition) is 3. The van der Waals surface area contributed by atoms with Crippen molar-refractivity contribution in [2.24, 2.45) is 5.92 Å². The smallest absolute Gasteiger partial charge is 0.325 e. The van der Waals surface area contributed by atoms with Crippen molar-refractivity contribution in [1.82, 2.24) is 10.2 Å². The molecule has 102 valence electrons. The molecule has 18 heavy (non-hydrogen) atoms. The summed E-state index contributed by atoms with van der Waals surface area (Å²) in [6.07, 6.45) is 5.75. The molecule has 1 aliphatic heterocycles. The minimum atomic E-state index is -0.642. The summed E-state index contributed by atoms with van der Waals surface area (Å²) in [5.41, 5.74) is -0.642. The highest BCUT2D eigenvalue weighted by Gasteiger charge is 2.52. The van der Waals surface area contributed by atoms with Gasteiger partial charge in [0.15, 0.2) is 0 Å². The standard InChI is InChI=1S/C13H22N2O3/c1-10(9-16)8-15-12(18)14-11(17)13(15)6-4-2-3-5-7-13/h10,16H,2-9H2,1H3,(H,14,17,18). The Hall–Kier alpha value is -1.10. The van der Waals surface area contributed by atoms with Gasteiger partial charge in [0.05, 0.1) is 0 Å². The number of aliphatic hydroxyl groups excluding tert-OH is 1. The molecular formula is C13H22N2O3. The van der Waals surface area contributed by atoms with Crippen molar-refractivity contribution >= 4 is 11.9 Å². The lowest BCUT2D eigenvalue weighted by molar-refractivity contribution is -0.127. The van der Waals surface area contributed by atoms with Crippen molar-refractivity contribution in [3.63, 3.8) is 0 Å². The number of urea groups is 1. The van der Waals surface area contributed by atoms with E-state index in [2.05, 4.69) is 5.32 Å². The summed E-state index contributed by atoms with van der Waals surface area (Å²) < 4.78 is 0. The molecule has 0 aromatic heterocycles. The van der Waals surface area contributed by atoms with Crippen LogP contribution in [0.3, 0.4) is 0 Å². The molecule has 0 aromatic carbocycles. The van der Waals surface area contributed by atoms with Crippen LogP contribution in [0.1, 0.15) is 45.4 Å². The minimum absolute atomic E-state index is 0.00165. The first-order valence-electron chi connectivity index (χ1n) is 6.84. The Balaban J connectivity index is 2.22. The summed E-state index contributed by atoms with van der Waals surface area (Å²) in [7, 11) is 0. The van der Waals surface area contributed by atoms with Gasteiger partial charge in [-0.3, -0.25) is 10.1 Å². The molecule has 2 N–H and O–H groups in total. The van der Waals surface area contributed by atoms with Crippen LogP contribution >= 0.6 is 0 Å². The van der Waals surface area contributed by atoms with Crippen LogP contribution in [0.5, 0.6) is 0 Å². The van der Waals surface area contributed by atoms with E-state index in [0.29, 0.717) is 6.54 Å². The predicted molar refractivity (Wildman–Crippen MR) is 66.9 cm³/mol. The van der Waals surface area contributed by atoms with Gasteiger partial charge in [-0.2, -0.15) is 0 Å². The normalized spacial score (nSPS) is 25.1. The average Bonchev–Trinajstić information content (AvgIpc) is 2.55. The van der Waals surface area contributed by atoms with Gasteiger partial charge in [-0.1, -0.05) is 32.6 Å². The van der Waals surface area contributed by atoms with Gasteiger partial charge in [0.25, 0.3) is 5.91 Å². The van der Waals surface area contributed by atoms with Crippen molar-refractivity contribution in [3.05, 3.63) is 0 Å². The topological polar surface area (TPSA) is 69.6 Å². The zero-order valence-corrected chi connectivity index (χ0v) is 10.9. The fourth-order valence-electron chi connectivity index (χ4n) is 3.04. The molecule has 1 unspecified atom stereocenters. The molecule has 1 heterocycles. The molecule has 0 aromatic rings. The molecule has 5 nitrogen and oxygen atoms in total. The second-order valence-electron chi connectivity index (χ2n) is 5.60. The lowest BCUT2D eigenvalue weighted by Gasteiger charge is -2.35. The maximum Gasteiger partial charge on any atom is 0.325 e. The Morgan fingerprint density at radius 1 is 1.28 bits per heavy atom. The minimum Gasteiger partial charge on any atom is -0.396 e. The van der Waals surface area contributed by atoms with Gasteiger partial charge in [-0.05, 0) is 18.8 Å². The molecule has 1 saturated carbocycles. The van der Waals surface area contributed by atoms with E-state index in [4.69, 9.17) is 5.11 Å². The van der Waals surface area contributed by atoms with E-state index in [1.165, 1.54) is 0 Å². The average molecular weight is 254 g/mol. The molecule has 1 spiro atoms. The van der Waals surface area contributed by atoms with Crippen LogP contribution in [0.25, 0.3) is 0 Å². The molecule has 5 heteroatoms. The van der Waals surface area contributed by atoms with E-state index in [0.717, 1.165) is 38.5 Å². The third-order valence-electron chi connectivity index (χ3n) is 4.14. The maximum atomic E-state index is 12.2. The van der Waals surface area contributed by atoms with E-state index in [-0.39, 0.29) is 24.5 Å². The molecule has 0 radical (unpaired) electrons. The Kier molecular flexibility index (Phi) is 3.90. The molecule has 2 rings (SSSR count). The number of nitrogens with zero attached hydrogens (tertiary/aromatic N) is 1. The number of amides is 3. The van der Waals surface area contributed by atoms with E-state index in [9.17, 15) is 9.59 Å². The van der Waals surface area contributed by atoms with Crippen LogP contribution < -0.4 is 5.32 Å². The highest BCUT2D eigenvalue weighted by atomic mass is 16.3. The van der Waals surface area contributed by atoms with Crippen molar-refractivity contribution in [1.29, 1.82) is 0 Å². The zero-order chi connectivity index (χ0) is 13.2. The van der Waals surface area contributed by atoms with Crippen LogP contribution in [0.15, 0.2) is 0 Å². The monoisotopic (exact) mass is 254 g/mol. The molecule has 2 fully saturated rings. The first kappa shape index (κ1) is 13.3. The van der Waals surface area contributed by atoms with Gasteiger partial charge in [0.2, 0.25) is 0 Å². The Morgan fingerprint density at radius 2 is 1.89 bits per heavy atom. The Morgan fingerprint density at radius 3 is 2.44 bits per heavy atom.